The Bertz CT molecular complexity index is 573. The maximum atomic E-state index is 11.4. The second-order valence-electron chi connectivity index (χ2n) is 4.78. The molecule has 1 aromatic rings. The second kappa shape index (κ2) is 5.28. The first-order valence-corrected chi connectivity index (χ1v) is 8.08. The molecular formula is C12H16ClNO4S. The molecule has 7 heteroatoms. The van der Waals surface area contributed by atoms with Crippen LogP contribution in [0, 0.1) is 0 Å². The molecule has 0 aromatic heterocycles. The minimum absolute atomic E-state index is 0.149. The van der Waals surface area contributed by atoms with Crippen LogP contribution < -0.4 is 10.5 Å². The van der Waals surface area contributed by atoms with Crippen molar-refractivity contribution in [2.45, 2.75) is 25.2 Å². The van der Waals surface area contributed by atoms with E-state index in [4.69, 9.17) is 22.1 Å². The van der Waals surface area contributed by atoms with Crippen LogP contribution in [0.1, 0.15) is 18.5 Å². The summed E-state index contributed by atoms with van der Waals surface area (Å²) in [7, 11) is -3.24. The normalized spacial score (nSPS) is 27.2. The predicted molar refractivity (Wildman–Crippen MR) is 73.1 cm³/mol. The van der Waals surface area contributed by atoms with E-state index in [-0.39, 0.29) is 17.5 Å². The Morgan fingerprint density at radius 2 is 2.16 bits per heavy atom. The fraction of sp³-hybridized carbons (Fsp3) is 0.500. The number of aliphatic hydroxyl groups excluding tert-OH is 1. The van der Waals surface area contributed by atoms with Gasteiger partial charge in [0.15, 0.2) is 9.84 Å². The zero-order valence-electron chi connectivity index (χ0n) is 10.4. The molecule has 1 heterocycles. The number of ether oxygens (including phenoxy) is 1. The number of aliphatic hydroxyl groups is 1. The van der Waals surface area contributed by atoms with Gasteiger partial charge in [-0.05, 0) is 24.6 Å². The minimum atomic E-state index is -3.24. The molecule has 1 aromatic carbocycles. The monoisotopic (exact) mass is 305 g/mol. The van der Waals surface area contributed by atoms with Gasteiger partial charge in [-0.3, -0.25) is 0 Å². The van der Waals surface area contributed by atoms with Crippen LogP contribution in [-0.2, 0) is 9.84 Å². The molecule has 3 N–H and O–H groups in total. The number of rotatable bonds is 3. The smallest absolute Gasteiger partial charge is 0.156 e. The van der Waals surface area contributed by atoms with Crippen molar-refractivity contribution in [3.8, 4) is 5.75 Å². The van der Waals surface area contributed by atoms with Gasteiger partial charge in [0.25, 0.3) is 0 Å². The van der Waals surface area contributed by atoms with E-state index in [1.54, 1.807) is 18.2 Å². The van der Waals surface area contributed by atoms with Gasteiger partial charge in [-0.1, -0.05) is 17.7 Å². The van der Waals surface area contributed by atoms with Crippen LogP contribution in [0.2, 0.25) is 5.02 Å². The van der Waals surface area contributed by atoms with E-state index >= 15 is 0 Å². The molecule has 0 amide bonds. The first kappa shape index (κ1) is 14.6. The predicted octanol–water partition coefficient (Wildman–Crippen LogP) is 0.896. The van der Waals surface area contributed by atoms with Gasteiger partial charge in [-0.15, -0.1) is 0 Å². The molecule has 0 radical (unpaired) electrons. The van der Waals surface area contributed by atoms with Gasteiger partial charge in [0.1, 0.15) is 18.0 Å². The maximum Gasteiger partial charge on any atom is 0.156 e. The van der Waals surface area contributed by atoms with E-state index in [0.29, 0.717) is 10.8 Å². The number of nitrogens with two attached hydrogens (primary N) is 1. The third-order valence-electron chi connectivity index (χ3n) is 3.03. The summed E-state index contributed by atoms with van der Waals surface area (Å²) in [4.78, 5) is 0. The number of benzene rings is 1. The van der Waals surface area contributed by atoms with Gasteiger partial charge in [-0.25, -0.2) is 8.42 Å². The molecule has 1 saturated heterocycles. The van der Waals surface area contributed by atoms with Crippen LogP contribution in [0.3, 0.4) is 0 Å². The Morgan fingerprint density at radius 3 is 2.63 bits per heavy atom. The molecular weight excluding hydrogens is 290 g/mol. The van der Waals surface area contributed by atoms with Crippen molar-refractivity contribution < 1.29 is 18.3 Å². The quantitative estimate of drug-likeness (QED) is 0.866. The number of hydrogen-bond donors (Lipinski definition) is 2. The SMILES string of the molecule is C[C@@H](N)c1ccc(OC2CS(=O)(=O)CC2O)c(Cl)c1. The topological polar surface area (TPSA) is 89.6 Å². The largest absolute Gasteiger partial charge is 0.485 e. The van der Waals surface area contributed by atoms with Crippen molar-refractivity contribution in [3.05, 3.63) is 28.8 Å². The highest BCUT2D eigenvalue weighted by atomic mass is 35.5. The second-order valence-corrected chi connectivity index (χ2v) is 7.34. The van der Waals surface area contributed by atoms with Crippen LogP contribution >= 0.6 is 11.6 Å². The summed E-state index contributed by atoms with van der Waals surface area (Å²) in [6, 6.07) is 4.93. The fourth-order valence-electron chi connectivity index (χ4n) is 1.97. The Hall–Kier alpha value is -0.820. The van der Waals surface area contributed by atoms with Crippen molar-refractivity contribution in [2.75, 3.05) is 11.5 Å². The number of sulfone groups is 1. The average molecular weight is 306 g/mol. The van der Waals surface area contributed by atoms with Gasteiger partial charge >= 0.3 is 0 Å². The molecule has 106 valence electrons. The number of hydrogen-bond acceptors (Lipinski definition) is 5. The van der Waals surface area contributed by atoms with E-state index in [0.717, 1.165) is 5.56 Å². The minimum Gasteiger partial charge on any atom is -0.485 e. The molecule has 0 bridgehead atoms. The Balaban J connectivity index is 2.16. The lowest BCUT2D eigenvalue weighted by atomic mass is 10.1. The summed E-state index contributed by atoms with van der Waals surface area (Å²) in [5.41, 5.74) is 6.59. The van der Waals surface area contributed by atoms with E-state index < -0.39 is 22.0 Å². The maximum absolute atomic E-state index is 11.4. The van der Waals surface area contributed by atoms with Gasteiger partial charge in [-0.2, -0.15) is 0 Å². The molecule has 2 unspecified atom stereocenters. The summed E-state index contributed by atoms with van der Waals surface area (Å²) in [5.74, 6) is -0.112. The first-order valence-electron chi connectivity index (χ1n) is 5.88. The average Bonchev–Trinajstić information content (AvgIpc) is 2.54. The summed E-state index contributed by atoms with van der Waals surface area (Å²) in [5, 5.41) is 10.0. The van der Waals surface area contributed by atoms with Crippen molar-refractivity contribution in [2.24, 2.45) is 5.73 Å². The molecule has 3 atom stereocenters. The highest BCUT2D eigenvalue weighted by molar-refractivity contribution is 7.91. The standard InChI is InChI=1S/C12H16ClNO4S/c1-7(14)8-2-3-11(9(13)4-8)18-12-6-19(16,17)5-10(12)15/h2-4,7,10,12,15H,5-6,14H2,1H3/t7-,10?,12?/m1/s1. The Kier molecular flexibility index (Phi) is 4.06. The van der Waals surface area contributed by atoms with E-state index in [1.807, 2.05) is 6.92 Å². The van der Waals surface area contributed by atoms with Crippen molar-refractivity contribution >= 4 is 21.4 Å². The van der Waals surface area contributed by atoms with Crippen LogP contribution in [0.4, 0.5) is 0 Å². The zero-order valence-corrected chi connectivity index (χ0v) is 12.0. The number of halogens is 1. The summed E-state index contributed by atoms with van der Waals surface area (Å²) in [6.45, 7) is 1.83. The molecule has 0 aliphatic carbocycles. The van der Waals surface area contributed by atoms with E-state index in [2.05, 4.69) is 0 Å². The highest BCUT2D eigenvalue weighted by Gasteiger charge is 2.38. The molecule has 0 spiro atoms. The summed E-state index contributed by atoms with van der Waals surface area (Å²) < 4.78 is 28.2. The molecule has 0 saturated carbocycles. The molecule has 1 aliphatic heterocycles. The van der Waals surface area contributed by atoms with Crippen LogP contribution in [0.25, 0.3) is 0 Å². The van der Waals surface area contributed by atoms with E-state index in [9.17, 15) is 13.5 Å². The Labute approximate surface area is 117 Å². The van der Waals surface area contributed by atoms with Gasteiger partial charge in [0.2, 0.25) is 0 Å². The van der Waals surface area contributed by atoms with E-state index in [1.165, 1.54) is 0 Å². The van der Waals surface area contributed by atoms with Crippen molar-refractivity contribution in [1.82, 2.24) is 0 Å². The summed E-state index contributed by atoms with van der Waals surface area (Å²) in [6.07, 6.45) is -1.79. The lowest BCUT2D eigenvalue weighted by Crippen LogP contribution is -2.29. The molecule has 2 rings (SSSR count). The highest BCUT2D eigenvalue weighted by Crippen LogP contribution is 2.30. The van der Waals surface area contributed by atoms with Crippen molar-refractivity contribution in [1.29, 1.82) is 0 Å². The fourth-order valence-corrected chi connectivity index (χ4v) is 3.86. The lowest BCUT2D eigenvalue weighted by molar-refractivity contribution is 0.0738. The van der Waals surface area contributed by atoms with Gasteiger partial charge in [0, 0.05) is 6.04 Å². The summed E-state index contributed by atoms with van der Waals surface area (Å²) >= 11 is 6.06. The molecule has 1 aliphatic rings. The first-order chi connectivity index (χ1) is 8.78. The Morgan fingerprint density at radius 1 is 1.47 bits per heavy atom. The van der Waals surface area contributed by atoms with Gasteiger partial charge < -0.3 is 15.6 Å². The van der Waals surface area contributed by atoms with Crippen LogP contribution in [-0.4, -0.2) is 37.2 Å². The van der Waals surface area contributed by atoms with Crippen molar-refractivity contribution in [3.63, 3.8) is 0 Å². The third-order valence-corrected chi connectivity index (χ3v) is 5.01. The zero-order chi connectivity index (χ0) is 14.2. The third kappa shape index (κ3) is 3.39. The molecule has 19 heavy (non-hydrogen) atoms. The van der Waals surface area contributed by atoms with Crippen LogP contribution in [0.15, 0.2) is 18.2 Å². The van der Waals surface area contributed by atoms with Crippen LogP contribution in [0.5, 0.6) is 5.75 Å². The van der Waals surface area contributed by atoms with Gasteiger partial charge in [0.05, 0.1) is 16.5 Å². The molecule has 1 fully saturated rings. The lowest BCUT2D eigenvalue weighted by Gasteiger charge is -2.17. The molecule has 5 nitrogen and oxygen atoms in total.